The van der Waals surface area contributed by atoms with Crippen LogP contribution in [0.4, 0.5) is 16.2 Å². The Kier molecular flexibility index (Phi) is 4.56. The van der Waals surface area contributed by atoms with E-state index in [2.05, 4.69) is 25.5 Å². The molecule has 150 valence electrons. The molecule has 1 aromatic carbocycles. The van der Waals surface area contributed by atoms with E-state index in [-0.39, 0.29) is 5.82 Å². The lowest BCUT2D eigenvalue weighted by Crippen LogP contribution is -2.21. The molecule has 0 saturated heterocycles. The maximum atomic E-state index is 13.2. The van der Waals surface area contributed by atoms with E-state index in [4.69, 9.17) is 0 Å². The molecule has 0 amide bonds. The molecule has 0 saturated carbocycles. The Bertz CT molecular complexity index is 1160. The van der Waals surface area contributed by atoms with Gasteiger partial charge in [0.2, 0.25) is 5.95 Å². The van der Waals surface area contributed by atoms with E-state index in [9.17, 15) is 14.6 Å². The van der Waals surface area contributed by atoms with Gasteiger partial charge in [0, 0.05) is 11.8 Å². The van der Waals surface area contributed by atoms with E-state index in [1.54, 1.807) is 36.4 Å². The molecular weight excluding hydrogens is 375 g/mol. The van der Waals surface area contributed by atoms with Crippen molar-refractivity contribution < 1.29 is 14.6 Å². The number of nitrogens with one attached hydrogen (secondary N) is 2. The molecule has 0 aliphatic carbocycles. The zero-order valence-electron chi connectivity index (χ0n) is 16.2. The Morgan fingerprint density at radius 1 is 1.14 bits per heavy atom. The van der Waals surface area contributed by atoms with Crippen LogP contribution in [0.25, 0.3) is 5.65 Å². The van der Waals surface area contributed by atoms with Gasteiger partial charge in [0.1, 0.15) is 17.6 Å². The van der Waals surface area contributed by atoms with Crippen LogP contribution in [0.15, 0.2) is 42.5 Å². The molecule has 4 aromatic rings. The average Bonchev–Trinajstić information content (AvgIpc) is 3.27. The van der Waals surface area contributed by atoms with Gasteiger partial charge in [-0.1, -0.05) is 12.1 Å². The van der Waals surface area contributed by atoms with Gasteiger partial charge in [-0.05, 0) is 50.6 Å². The predicted molar refractivity (Wildman–Crippen MR) is 105 cm³/mol. The maximum Gasteiger partial charge on any atom is 0.216 e. The lowest BCUT2D eigenvalue weighted by atomic mass is 10.1. The Hall–Kier alpha value is -3.30. The Balaban J connectivity index is 1.85. The second-order valence-electron chi connectivity index (χ2n) is 7.39. The molecule has 0 fully saturated rings. The second-order valence-corrected chi connectivity index (χ2v) is 7.39. The highest BCUT2D eigenvalue weighted by atomic mass is 19.1. The van der Waals surface area contributed by atoms with E-state index >= 15 is 0 Å². The Morgan fingerprint density at radius 2 is 1.86 bits per heavy atom. The number of aryl methyl sites for hydroxylation is 1. The lowest BCUT2D eigenvalue weighted by Gasteiger charge is -2.20. The van der Waals surface area contributed by atoms with Crippen molar-refractivity contribution in [3.63, 3.8) is 0 Å². The number of aromatic nitrogens is 5. The monoisotopic (exact) mass is 396 g/mol. The van der Waals surface area contributed by atoms with E-state index < -0.39 is 17.5 Å². The number of hydrogen-bond donors (Lipinski definition) is 4. The number of nitrogens with zero attached hydrogens (tertiary/aromatic N) is 4. The van der Waals surface area contributed by atoms with Crippen molar-refractivity contribution in [2.24, 2.45) is 0 Å². The van der Waals surface area contributed by atoms with E-state index in [1.165, 1.54) is 24.3 Å². The normalized spacial score (nSPS) is 13.0. The topological polar surface area (TPSA) is 111 Å². The van der Waals surface area contributed by atoms with Crippen LogP contribution in [0.2, 0.25) is 0 Å². The van der Waals surface area contributed by atoms with Gasteiger partial charge in [-0.15, -0.1) is 0 Å². The molecule has 8 nitrogen and oxygen atoms in total. The summed E-state index contributed by atoms with van der Waals surface area (Å²) >= 11 is 0. The summed E-state index contributed by atoms with van der Waals surface area (Å²) in [5.74, 6) is 0.606. The fourth-order valence-corrected chi connectivity index (χ4v) is 3.11. The standard InChI is InChI=1S/C20H21FN6O2/c1-11-10-15(26-25-11)22-19-24-18(17(28)12-4-6-13(21)7-5-12)23-16-9-8-14(27(16)19)20(2,3)29/h4-10,17,28-29H,1-3H3,(H2,22,23,24,25,26). The van der Waals surface area contributed by atoms with Gasteiger partial charge < -0.3 is 15.5 Å². The van der Waals surface area contributed by atoms with Crippen LogP contribution in [-0.4, -0.2) is 34.8 Å². The highest BCUT2D eigenvalue weighted by Gasteiger charge is 2.25. The largest absolute Gasteiger partial charge is 0.384 e. The van der Waals surface area contributed by atoms with Crippen molar-refractivity contribution in [2.45, 2.75) is 32.5 Å². The summed E-state index contributed by atoms with van der Waals surface area (Å²) in [5.41, 5.74) is 1.24. The number of benzene rings is 1. The maximum absolute atomic E-state index is 13.2. The van der Waals surface area contributed by atoms with Crippen LogP contribution >= 0.6 is 0 Å². The summed E-state index contributed by atoms with van der Waals surface area (Å²) in [7, 11) is 0. The molecule has 0 spiro atoms. The molecule has 3 aromatic heterocycles. The van der Waals surface area contributed by atoms with Crippen LogP contribution in [0.3, 0.4) is 0 Å². The average molecular weight is 396 g/mol. The quantitative estimate of drug-likeness (QED) is 0.413. The second kappa shape index (κ2) is 6.94. The van der Waals surface area contributed by atoms with Crippen molar-refractivity contribution in [2.75, 3.05) is 5.32 Å². The van der Waals surface area contributed by atoms with Crippen molar-refractivity contribution in [1.82, 2.24) is 24.6 Å². The number of hydrogen-bond acceptors (Lipinski definition) is 6. The summed E-state index contributed by atoms with van der Waals surface area (Å²) in [4.78, 5) is 8.93. The third-order valence-corrected chi connectivity index (χ3v) is 4.52. The first kappa shape index (κ1) is 19.0. The van der Waals surface area contributed by atoms with E-state index in [1.807, 2.05) is 6.92 Å². The zero-order chi connectivity index (χ0) is 20.8. The third kappa shape index (κ3) is 3.69. The Morgan fingerprint density at radius 3 is 2.48 bits per heavy atom. The zero-order valence-corrected chi connectivity index (χ0v) is 16.2. The fourth-order valence-electron chi connectivity index (χ4n) is 3.11. The molecule has 4 rings (SSSR count). The summed E-state index contributed by atoms with van der Waals surface area (Å²) in [6.45, 7) is 5.20. The highest BCUT2D eigenvalue weighted by molar-refractivity contribution is 5.56. The van der Waals surface area contributed by atoms with Gasteiger partial charge >= 0.3 is 0 Å². The number of aliphatic hydroxyl groups excluding tert-OH is 1. The van der Waals surface area contributed by atoms with Gasteiger partial charge in [0.15, 0.2) is 11.6 Å². The fraction of sp³-hybridized carbons (Fsp3) is 0.250. The van der Waals surface area contributed by atoms with Crippen LogP contribution in [0, 0.1) is 12.7 Å². The van der Waals surface area contributed by atoms with Gasteiger partial charge in [-0.3, -0.25) is 9.50 Å². The van der Waals surface area contributed by atoms with Crippen LogP contribution < -0.4 is 5.32 Å². The summed E-state index contributed by atoms with van der Waals surface area (Å²) in [6.07, 6.45) is -1.15. The highest BCUT2D eigenvalue weighted by Crippen LogP contribution is 2.28. The molecule has 9 heteroatoms. The number of aliphatic hydroxyl groups is 2. The molecule has 0 radical (unpaired) electrons. The third-order valence-electron chi connectivity index (χ3n) is 4.52. The van der Waals surface area contributed by atoms with Crippen molar-refractivity contribution in [3.05, 3.63) is 71.1 Å². The van der Waals surface area contributed by atoms with E-state index in [0.717, 1.165) is 5.69 Å². The molecular formula is C20H21FN6O2. The van der Waals surface area contributed by atoms with Crippen LogP contribution in [-0.2, 0) is 5.60 Å². The number of fused-ring (bicyclic) bond motifs is 1. The van der Waals surface area contributed by atoms with Crippen molar-refractivity contribution in [1.29, 1.82) is 0 Å². The summed E-state index contributed by atoms with van der Waals surface area (Å²) in [6, 6.07) is 10.8. The van der Waals surface area contributed by atoms with Crippen molar-refractivity contribution in [3.8, 4) is 0 Å². The number of rotatable bonds is 5. The van der Waals surface area contributed by atoms with Gasteiger partial charge in [0.05, 0.1) is 11.3 Å². The van der Waals surface area contributed by atoms with Gasteiger partial charge in [-0.2, -0.15) is 10.1 Å². The predicted octanol–water partition coefficient (Wildman–Crippen LogP) is 2.95. The molecule has 0 aliphatic rings. The lowest BCUT2D eigenvalue weighted by molar-refractivity contribution is 0.0731. The first-order chi connectivity index (χ1) is 13.7. The van der Waals surface area contributed by atoms with Gasteiger partial charge in [0.25, 0.3) is 0 Å². The van der Waals surface area contributed by atoms with Gasteiger partial charge in [-0.25, -0.2) is 9.37 Å². The smallest absolute Gasteiger partial charge is 0.216 e. The van der Waals surface area contributed by atoms with Crippen LogP contribution in [0.1, 0.15) is 42.7 Å². The summed E-state index contributed by atoms with van der Waals surface area (Å²) < 4.78 is 14.9. The molecule has 1 unspecified atom stereocenters. The molecule has 0 aliphatic heterocycles. The Labute approximate surface area is 166 Å². The summed E-state index contributed by atoms with van der Waals surface area (Å²) in [5, 5.41) is 31.4. The molecule has 0 bridgehead atoms. The number of anilines is 2. The SMILES string of the molecule is Cc1cc(Nc2nc(C(O)c3ccc(F)cc3)nc3ccc(C(C)(C)O)n23)n[nH]1. The number of halogens is 1. The minimum Gasteiger partial charge on any atom is -0.384 e. The molecule has 3 heterocycles. The van der Waals surface area contributed by atoms with Crippen molar-refractivity contribution >= 4 is 17.4 Å². The molecule has 1 atom stereocenters. The minimum absolute atomic E-state index is 0.138. The minimum atomic E-state index is -1.15. The van der Waals surface area contributed by atoms with Crippen LogP contribution in [0.5, 0.6) is 0 Å². The number of aromatic amines is 1. The first-order valence-electron chi connectivity index (χ1n) is 9.07. The number of H-pyrrole nitrogens is 1. The first-order valence-corrected chi connectivity index (χ1v) is 9.07. The van der Waals surface area contributed by atoms with E-state index in [0.29, 0.717) is 28.7 Å². The molecule has 29 heavy (non-hydrogen) atoms. The molecule has 4 N–H and O–H groups in total.